The molecule has 0 unspecified atom stereocenters. The van der Waals surface area contributed by atoms with Crippen LogP contribution in [0.5, 0.6) is 0 Å². The molecule has 0 atom stereocenters. The van der Waals surface area contributed by atoms with Gasteiger partial charge in [0.2, 0.25) is 22.3 Å². The van der Waals surface area contributed by atoms with Gasteiger partial charge in [-0.15, -0.1) is 0 Å². The second kappa shape index (κ2) is 8.11. The first-order valence-corrected chi connectivity index (χ1v) is 9.23. The van der Waals surface area contributed by atoms with E-state index in [2.05, 4.69) is 35.1 Å². The first-order valence-electron chi connectivity index (χ1n) is 8.04. The Hall–Kier alpha value is -1.71. The number of hydrogen-bond donors (Lipinski definition) is 1. The fourth-order valence-corrected chi connectivity index (χ4v) is 3.35. The molecule has 2 aromatic heterocycles. The molecule has 2 aromatic rings. The van der Waals surface area contributed by atoms with E-state index in [0.29, 0.717) is 35.3 Å². The van der Waals surface area contributed by atoms with Crippen LogP contribution in [0.2, 0.25) is 5.28 Å². The number of aryl methyl sites for hydroxylation is 1. The molecular formula is C15H20ClN7OS. The van der Waals surface area contributed by atoms with Crippen LogP contribution in [0.25, 0.3) is 0 Å². The van der Waals surface area contributed by atoms with E-state index in [1.54, 1.807) is 0 Å². The highest BCUT2D eigenvalue weighted by Crippen LogP contribution is 2.26. The molecule has 1 fully saturated rings. The summed E-state index contributed by atoms with van der Waals surface area (Å²) in [5, 5.41) is 4.72. The third kappa shape index (κ3) is 5.13. The summed E-state index contributed by atoms with van der Waals surface area (Å²) in [7, 11) is 0. The Morgan fingerprint density at radius 1 is 1.16 bits per heavy atom. The predicted molar refractivity (Wildman–Crippen MR) is 97.5 cm³/mol. The molecule has 1 aliphatic rings. The van der Waals surface area contributed by atoms with Crippen LogP contribution in [-0.4, -0.2) is 57.3 Å². The zero-order chi connectivity index (χ0) is 17.8. The van der Waals surface area contributed by atoms with Crippen LogP contribution in [0, 0.1) is 6.92 Å². The molecule has 0 aliphatic carbocycles. The Balaban J connectivity index is 1.90. The van der Waals surface area contributed by atoms with Gasteiger partial charge < -0.3 is 15.0 Å². The van der Waals surface area contributed by atoms with Crippen molar-refractivity contribution in [3.05, 3.63) is 17.0 Å². The lowest BCUT2D eigenvalue weighted by molar-refractivity contribution is 0.122. The van der Waals surface area contributed by atoms with Gasteiger partial charge in [0.15, 0.2) is 0 Å². The van der Waals surface area contributed by atoms with E-state index < -0.39 is 0 Å². The Morgan fingerprint density at radius 2 is 1.92 bits per heavy atom. The van der Waals surface area contributed by atoms with Gasteiger partial charge in [0.05, 0.1) is 13.2 Å². The van der Waals surface area contributed by atoms with Gasteiger partial charge in [-0.05, 0) is 50.2 Å². The van der Waals surface area contributed by atoms with E-state index in [0.717, 1.165) is 18.8 Å². The predicted octanol–water partition coefficient (Wildman–Crippen LogP) is 2.43. The second-order valence-electron chi connectivity index (χ2n) is 5.86. The Bertz CT molecular complexity index is 720. The van der Waals surface area contributed by atoms with Gasteiger partial charge in [-0.2, -0.15) is 15.0 Å². The molecule has 8 nitrogen and oxygen atoms in total. The fraction of sp³-hybridized carbons (Fsp3) is 0.533. The average molecular weight is 382 g/mol. The lowest BCUT2D eigenvalue weighted by atomic mass is 10.4. The molecule has 25 heavy (non-hydrogen) atoms. The molecule has 1 saturated heterocycles. The molecule has 3 heterocycles. The minimum absolute atomic E-state index is 0.213. The highest BCUT2D eigenvalue weighted by Gasteiger charge is 2.18. The number of halogens is 1. The molecule has 0 aromatic carbocycles. The van der Waals surface area contributed by atoms with Gasteiger partial charge in [0.25, 0.3) is 0 Å². The highest BCUT2D eigenvalue weighted by atomic mass is 35.5. The van der Waals surface area contributed by atoms with Crippen molar-refractivity contribution in [2.45, 2.75) is 37.0 Å². The molecule has 0 bridgehead atoms. The van der Waals surface area contributed by atoms with Crippen LogP contribution in [0.15, 0.2) is 16.2 Å². The molecule has 0 amide bonds. The van der Waals surface area contributed by atoms with Gasteiger partial charge in [-0.1, -0.05) is 0 Å². The molecule has 10 heteroatoms. The fourth-order valence-electron chi connectivity index (χ4n) is 2.27. The van der Waals surface area contributed by atoms with Gasteiger partial charge in [0.1, 0.15) is 5.03 Å². The van der Waals surface area contributed by atoms with Crippen molar-refractivity contribution in [2.75, 3.05) is 36.5 Å². The lowest BCUT2D eigenvalue weighted by Gasteiger charge is -2.27. The maximum atomic E-state index is 5.95. The summed E-state index contributed by atoms with van der Waals surface area (Å²) in [6, 6.07) is 2.07. The van der Waals surface area contributed by atoms with Crippen LogP contribution in [-0.2, 0) is 4.74 Å². The van der Waals surface area contributed by atoms with Gasteiger partial charge >= 0.3 is 0 Å². The second-order valence-corrected chi connectivity index (χ2v) is 7.18. The molecular weight excluding hydrogens is 362 g/mol. The smallest absolute Gasteiger partial charge is 0.231 e. The minimum atomic E-state index is 0.213. The van der Waals surface area contributed by atoms with Gasteiger partial charge in [-0.25, -0.2) is 9.97 Å². The van der Waals surface area contributed by atoms with Crippen LogP contribution >= 0.6 is 23.4 Å². The van der Waals surface area contributed by atoms with Crippen molar-refractivity contribution < 1.29 is 4.74 Å². The van der Waals surface area contributed by atoms with Crippen molar-refractivity contribution in [3.63, 3.8) is 0 Å². The van der Waals surface area contributed by atoms with Crippen molar-refractivity contribution >= 4 is 35.3 Å². The van der Waals surface area contributed by atoms with E-state index >= 15 is 0 Å². The average Bonchev–Trinajstić information content (AvgIpc) is 2.54. The zero-order valence-electron chi connectivity index (χ0n) is 14.4. The molecule has 1 N–H and O–H groups in total. The maximum absolute atomic E-state index is 5.95. The third-order valence-electron chi connectivity index (χ3n) is 3.31. The molecule has 0 spiro atoms. The topological polar surface area (TPSA) is 89.0 Å². The summed E-state index contributed by atoms with van der Waals surface area (Å²) in [4.78, 5) is 24.0. The number of nitrogens with one attached hydrogen (secondary N) is 1. The first-order chi connectivity index (χ1) is 12.0. The standard InChI is InChI=1S/C15H20ClN7OS/c1-9(2)17-13-20-14(23-4-6-24-7-5-23)22-15(21-13)25-11-8-10(3)18-12(16)19-11/h8-9H,4-7H2,1-3H3,(H,17,20,21,22). The van der Waals surface area contributed by atoms with E-state index in [9.17, 15) is 0 Å². The van der Waals surface area contributed by atoms with Crippen molar-refractivity contribution in [1.82, 2.24) is 24.9 Å². The summed E-state index contributed by atoms with van der Waals surface area (Å²) in [6.07, 6.45) is 0. The minimum Gasteiger partial charge on any atom is -0.378 e. The van der Waals surface area contributed by atoms with E-state index in [4.69, 9.17) is 16.3 Å². The Kier molecular flexibility index (Phi) is 5.87. The van der Waals surface area contributed by atoms with Crippen LogP contribution < -0.4 is 10.2 Å². The molecule has 0 saturated carbocycles. The normalized spacial score (nSPS) is 14.8. The number of hydrogen-bond acceptors (Lipinski definition) is 9. The van der Waals surface area contributed by atoms with E-state index in [1.165, 1.54) is 11.8 Å². The molecule has 3 rings (SSSR count). The number of morpholine rings is 1. The lowest BCUT2D eigenvalue weighted by Crippen LogP contribution is -2.37. The van der Waals surface area contributed by atoms with Crippen LogP contribution in [0.1, 0.15) is 19.5 Å². The number of rotatable bonds is 5. The van der Waals surface area contributed by atoms with Crippen LogP contribution in [0.4, 0.5) is 11.9 Å². The van der Waals surface area contributed by atoms with Gasteiger partial charge in [0, 0.05) is 24.8 Å². The number of ether oxygens (including phenoxy) is 1. The molecule has 0 radical (unpaired) electrons. The quantitative estimate of drug-likeness (QED) is 0.619. The van der Waals surface area contributed by atoms with Gasteiger partial charge in [-0.3, -0.25) is 0 Å². The Morgan fingerprint density at radius 3 is 2.60 bits per heavy atom. The number of aromatic nitrogens is 5. The number of nitrogens with zero attached hydrogens (tertiary/aromatic N) is 6. The summed E-state index contributed by atoms with van der Waals surface area (Å²) in [5.41, 5.74) is 0.797. The largest absolute Gasteiger partial charge is 0.378 e. The third-order valence-corrected chi connectivity index (χ3v) is 4.27. The zero-order valence-corrected chi connectivity index (χ0v) is 15.9. The van der Waals surface area contributed by atoms with E-state index in [1.807, 2.05) is 26.8 Å². The molecule has 134 valence electrons. The SMILES string of the molecule is Cc1cc(Sc2nc(NC(C)C)nc(N3CCOCC3)n2)nc(Cl)n1. The highest BCUT2D eigenvalue weighted by molar-refractivity contribution is 7.99. The number of anilines is 2. The molecule has 1 aliphatic heterocycles. The van der Waals surface area contributed by atoms with Crippen molar-refractivity contribution in [3.8, 4) is 0 Å². The van der Waals surface area contributed by atoms with Crippen molar-refractivity contribution in [1.29, 1.82) is 0 Å². The summed E-state index contributed by atoms with van der Waals surface area (Å²) in [5.74, 6) is 1.19. The summed E-state index contributed by atoms with van der Waals surface area (Å²) >= 11 is 7.29. The first kappa shape index (κ1) is 18.1. The van der Waals surface area contributed by atoms with Crippen LogP contribution in [0.3, 0.4) is 0 Å². The van der Waals surface area contributed by atoms with E-state index in [-0.39, 0.29) is 11.3 Å². The maximum Gasteiger partial charge on any atom is 0.231 e. The summed E-state index contributed by atoms with van der Waals surface area (Å²) < 4.78 is 5.40. The van der Waals surface area contributed by atoms with Crippen molar-refractivity contribution in [2.24, 2.45) is 0 Å². The monoisotopic (exact) mass is 381 g/mol. The Labute approximate surface area is 155 Å². The summed E-state index contributed by atoms with van der Waals surface area (Å²) in [6.45, 7) is 8.80.